The molecule has 0 aliphatic carbocycles. The molecule has 9 rings (SSSR count). The number of imidazole rings is 1. The van der Waals surface area contributed by atoms with Crippen LogP contribution >= 0.6 is 15.0 Å². The van der Waals surface area contributed by atoms with Gasteiger partial charge in [0.15, 0.2) is 46.9 Å². The van der Waals surface area contributed by atoms with Gasteiger partial charge >= 0.3 is 21.1 Å². The summed E-state index contributed by atoms with van der Waals surface area (Å²) in [5, 5.41) is 21.8. The van der Waals surface area contributed by atoms with Gasteiger partial charge in [-0.2, -0.15) is 0 Å². The van der Waals surface area contributed by atoms with E-state index in [1.807, 2.05) is 0 Å². The molecular weight excluding hydrogens is 1230 g/mol. The van der Waals surface area contributed by atoms with E-state index in [-0.39, 0.29) is 85.2 Å². The van der Waals surface area contributed by atoms with Crippen LogP contribution in [0.1, 0.15) is 71.1 Å². The SMILES string of the molecule is CC(C)[C@H](NC(=O)CCCCCN1C(=O)C=CC1=O)C(=O)N[C@@H](C)C(=O)Nc1ccc(COC(=O)N(C)CCCC(=O)Nc2ncnc3c2ncn3[C@@H]2O[C@@H]3COP(O)(=S)O[C@]4(n5cc(F)c6c(=O)[nH]cnc65)COC(CO[P+](=O)O[C@H]3[C@H]2F)[C@H]4O)cc1. The van der Waals surface area contributed by atoms with Crippen molar-refractivity contribution in [2.24, 2.45) is 5.92 Å². The van der Waals surface area contributed by atoms with Crippen molar-refractivity contribution < 1.29 is 89.2 Å². The highest BCUT2D eigenvalue weighted by molar-refractivity contribution is 8.07. The third kappa shape index (κ3) is 14.8. The van der Waals surface area contributed by atoms with Crippen LogP contribution in [0.25, 0.3) is 22.2 Å². The van der Waals surface area contributed by atoms with Crippen molar-refractivity contribution in [1.82, 2.24) is 54.5 Å². The third-order valence-electron chi connectivity index (χ3n) is 14.7. The van der Waals surface area contributed by atoms with Crippen molar-refractivity contribution in [3.63, 3.8) is 0 Å². The number of amides is 7. The Morgan fingerprint density at radius 3 is 2.42 bits per heavy atom. The molecule has 472 valence electrons. The van der Waals surface area contributed by atoms with Crippen molar-refractivity contribution >= 4 is 102 Å². The summed E-state index contributed by atoms with van der Waals surface area (Å²) in [6.07, 6.45) is -2.79. The number of H-pyrrole nitrogens is 1. The first-order chi connectivity index (χ1) is 41.9. The summed E-state index contributed by atoms with van der Waals surface area (Å²) in [5.41, 5.74) is -2.55. The predicted molar refractivity (Wildman–Crippen MR) is 305 cm³/mol. The number of imide groups is 1. The monoisotopic (exact) mass is 1290 g/mol. The van der Waals surface area contributed by atoms with Crippen molar-refractivity contribution in [2.75, 3.05) is 50.6 Å². The summed E-state index contributed by atoms with van der Waals surface area (Å²) >= 11 is 5.33. The van der Waals surface area contributed by atoms with Gasteiger partial charge in [-0.25, -0.2) is 33.5 Å². The minimum atomic E-state index is -4.60. The van der Waals surface area contributed by atoms with E-state index in [1.54, 1.807) is 38.1 Å². The Hall–Kier alpha value is -7.49. The summed E-state index contributed by atoms with van der Waals surface area (Å²) in [6, 6.07) is 4.52. The standard InChI is InChI=1S/C52H61F2N13O18P2S/c1-27(2)40(62-34(68)9-6-5-7-18-65-36(70)15-16-37(65)71)49(75)60-28(3)47(73)61-30-13-11-29(12-14-30)20-79-51(76)64(4)17-8-10-35(69)63-44-41-46(57-24-55-44)66(26-59-41)50-39(54)42-32(83-50)22-82-87(78,88)85-52(23-80-33(43(52)72)21-81-86(77)84-42)67-19-31(53)38-45(67)56-25-58-48(38)74/h11-16,19,24-28,32-33,39-40,42-43,50,72H,5-10,17-18,20-23H2,1-4H3,(H5-,55,56,57,58,60,61,62,63,68,69,73,74,75,78,88)/p+1/t28-,32+,33?,39+,40-,42+,43+,50+,52+,87?/m0/s1. The molecule has 0 spiro atoms. The molecule has 4 aliphatic rings. The summed E-state index contributed by atoms with van der Waals surface area (Å²) in [5.74, 6) is -4.13. The molecule has 2 bridgehead atoms. The van der Waals surface area contributed by atoms with Gasteiger partial charge in [0, 0.05) is 61.6 Å². The highest BCUT2D eigenvalue weighted by Crippen LogP contribution is 2.54. The lowest BCUT2D eigenvalue weighted by Gasteiger charge is -2.36. The van der Waals surface area contributed by atoms with Gasteiger partial charge < -0.3 is 59.9 Å². The fourth-order valence-corrected chi connectivity index (χ4v) is 12.3. The maximum absolute atomic E-state index is 16.6. The zero-order valence-electron chi connectivity index (χ0n) is 47.5. The van der Waals surface area contributed by atoms with Crippen molar-refractivity contribution in [3.05, 3.63) is 83.3 Å². The van der Waals surface area contributed by atoms with Gasteiger partial charge in [-0.3, -0.25) is 52.1 Å². The number of fused-ring (bicyclic) bond motifs is 5. The molecule has 0 saturated carbocycles. The maximum atomic E-state index is 16.6. The van der Waals surface area contributed by atoms with Gasteiger partial charge in [0.1, 0.15) is 55.3 Å². The number of unbranched alkanes of at least 4 members (excludes halogenated alkanes) is 2. The molecule has 3 fully saturated rings. The highest BCUT2D eigenvalue weighted by atomic mass is 32.5. The van der Waals surface area contributed by atoms with Crippen LogP contribution in [0, 0.1) is 11.7 Å². The number of nitrogens with one attached hydrogen (secondary N) is 5. The van der Waals surface area contributed by atoms with Crippen molar-refractivity contribution in [3.8, 4) is 0 Å². The number of aromatic nitrogens is 7. The lowest BCUT2D eigenvalue weighted by Crippen LogP contribution is -2.53. The fraction of sp³-hybridized carbons (Fsp3) is 0.500. The van der Waals surface area contributed by atoms with Crippen LogP contribution in [0.15, 0.2) is 66.4 Å². The van der Waals surface area contributed by atoms with Crippen LogP contribution in [0.4, 0.5) is 25.1 Å². The topological polar surface area (TPSA) is 391 Å². The Labute approximate surface area is 504 Å². The number of alkyl halides is 1. The number of nitrogens with zero attached hydrogens (tertiary/aromatic N) is 8. The molecule has 7 amide bonds. The van der Waals surface area contributed by atoms with E-state index in [9.17, 15) is 52.9 Å². The first kappa shape index (κ1) is 65.0. The van der Waals surface area contributed by atoms with Gasteiger partial charge in [0.05, 0.1) is 25.9 Å². The van der Waals surface area contributed by atoms with Gasteiger partial charge in [-0.15, -0.1) is 9.05 Å². The third-order valence-corrected chi connectivity index (χ3v) is 17.0. The fourth-order valence-electron chi connectivity index (χ4n) is 9.94. The number of aliphatic hydroxyl groups excluding tert-OH is 1. The number of carbonyl (C=O) groups is 7. The van der Waals surface area contributed by atoms with E-state index in [0.29, 0.717) is 30.5 Å². The maximum Gasteiger partial charge on any atom is 0.697 e. The van der Waals surface area contributed by atoms with Gasteiger partial charge in [-0.1, -0.05) is 32.4 Å². The smallest absolute Gasteiger partial charge is 0.445 e. The molecule has 3 saturated heterocycles. The Kier molecular flexibility index (Phi) is 20.6. The van der Waals surface area contributed by atoms with E-state index in [1.165, 1.54) is 31.0 Å². The Bertz CT molecular complexity index is 3620. The molecule has 31 nitrogen and oxygen atoms in total. The van der Waals surface area contributed by atoms with Crippen LogP contribution in [0.5, 0.6) is 0 Å². The van der Waals surface area contributed by atoms with Gasteiger partial charge in [-0.05, 0) is 61.6 Å². The number of aliphatic hydroxyl groups is 1. The molecule has 5 aromatic rings. The largest absolute Gasteiger partial charge is 0.697 e. The number of ether oxygens (including phenoxy) is 3. The molecule has 11 atom stereocenters. The molecule has 3 unspecified atom stereocenters. The quantitative estimate of drug-likeness (QED) is 0.0315. The number of halogens is 2. The summed E-state index contributed by atoms with van der Waals surface area (Å²) < 4.78 is 86.7. The Morgan fingerprint density at radius 2 is 1.68 bits per heavy atom. The summed E-state index contributed by atoms with van der Waals surface area (Å²) in [6.45, 7) is -1.47. The normalized spacial score (nSPS) is 25.0. The van der Waals surface area contributed by atoms with Crippen LogP contribution in [-0.4, -0.2) is 178 Å². The van der Waals surface area contributed by atoms with Crippen LogP contribution in [-0.2, 0) is 89.8 Å². The average Bonchev–Trinajstić information content (AvgIpc) is 1.66. The second-order valence-corrected chi connectivity index (χ2v) is 24.9. The average molecular weight is 1290 g/mol. The molecule has 4 aliphatic heterocycles. The van der Waals surface area contributed by atoms with E-state index in [4.69, 9.17) is 44.1 Å². The molecule has 88 heavy (non-hydrogen) atoms. The number of hydrogen-bond acceptors (Lipinski definition) is 22. The van der Waals surface area contributed by atoms with Gasteiger partial charge in [0.25, 0.3) is 17.4 Å². The van der Waals surface area contributed by atoms with Crippen molar-refractivity contribution in [2.45, 2.75) is 121 Å². The number of aromatic amines is 1. The Morgan fingerprint density at radius 1 is 0.943 bits per heavy atom. The number of hydrogen-bond donors (Lipinski definition) is 7. The lowest BCUT2D eigenvalue weighted by atomic mass is 10.0. The molecule has 4 aromatic heterocycles. The lowest BCUT2D eigenvalue weighted by molar-refractivity contribution is -0.137. The van der Waals surface area contributed by atoms with Crippen LogP contribution < -0.4 is 26.8 Å². The number of carbonyl (C=O) groups excluding carboxylic acids is 7. The van der Waals surface area contributed by atoms with Crippen LogP contribution in [0.3, 0.4) is 0 Å². The second-order valence-electron chi connectivity index (χ2n) is 21.2. The first-order valence-corrected chi connectivity index (χ1v) is 31.3. The molecular formula is C52H62F2N13O18P2S+. The minimum absolute atomic E-state index is 0.00686. The number of benzene rings is 1. The highest BCUT2D eigenvalue weighted by Gasteiger charge is 2.58. The van der Waals surface area contributed by atoms with E-state index in [0.717, 1.165) is 39.2 Å². The molecule has 36 heteroatoms. The first-order valence-electron chi connectivity index (χ1n) is 27.6. The minimum Gasteiger partial charge on any atom is -0.445 e. The predicted octanol–water partition coefficient (Wildman–Crippen LogP) is 2.73. The van der Waals surface area contributed by atoms with E-state index >= 15 is 8.78 Å². The summed E-state index contributed by atoms with van der Waals surface area (Å²) in [7, 11) is -1.72. The van der Waals surface area contributed by atoms with E-state index < -0.39 is 130 Å². The number of rotatable bonds is 21. The molecule has 0 radical (unpaired) electrons. The van der Waals surface area contributed by atoms with E-state index in [2.05, 4.69) is 46.2 Å². The molecule has 8 heterocycles. The molecule has 7 N–H and O–H groups in total. The molecule has 1 aromatic carbocycles. The number of anilines is 2. The van der Waals surface area contributed by atoms with Crippen molar-refractivity contribution in [1.29, 1.82) is 0 Å². The second kappa shape index (κ2) is 27.9. The zero-order valence-corrected chi connectivity index (χ0v) is 50.1. The van der Waals surface area contributed by atoms with Crippen LogP contribution in [0.2, 0.25) is 0 Å². The zero-order chi connectivity index (χ0) is 63.2. The van der Waals surface area contributed by atoms with Gasteiger partial charge in [0.2, 0.25) is 29.4 Å². The summed E-state index contributed by atoms with van der Waals surface area (Å²) in [4.78, 5) is 134. The Balaban J connectivity index is 0.716.